The monoisotopic (exact) mass is 239 g/mol. The van der Waals surface area contributed by atoms with Crippen molar-refractivity contribution in [1.82, 2.24) is 4.31 Å². The molecule has 1 saturated heterocycles. The van der Waals surface area contributed by atoms with Gasteiger partial charge >= 0.3 is 16.4 Å². The lowest BCUT2D eigenvalue weighted by Gasteiger charge is -2.35. The fourth-order valence-electron chi connectivity index (χ4n) is 1.15. The molecule has 1 rings (SSSR count). The summed E-state index contributed by atoms with van der Waals surface area (Å²) in [5, 5.41) is 0. The predicted molar refractivity (Wildman–Crippen MR) is 50.9 cm³/mol. The first kappa shape index (κ1) is 12.4. The molecule has 7 heteroatoms. The van der Waals surface area contributed by atoms with E-state index in [0.717, 1.165) is 0 Å². The number of nitrogens with zero attached hydrogens (tertiary/aromatic N) is 1. The Morgan fingerprint density at radius 1 is 1.40 bits per heavy atom. The smallest absolute Gasteiger partial charge is 0.374 e. The maximum absolute atomic E-state index is 12.4. The molecule has 0 saturated carbocycles. The van der Waals surface area contributed by atoms with Gasteiger partial charge in [-0.1, -0.05) is 3.89 Å². The number of esters is 1. The molecule has 15 heavy (non-hydrogen) atoms. The molecule has 0 unspecified atom stereocenters. The average molecular weight is 239 g/mol. The third kappa shape index (κ3) is 3.42. The van der Waals surface area contributed by atoms with Gasteiger partial charge in [-0.25, -0.2) is 0 Å². The summed E-state index contributed by atoms with van der Waals surface area (Å²) in [7, 11) is -4.65. The van der Waals surface area contributed by atoms with Crippen LogP contribution in [0.5, 0.6) is 0 Å². The zero-order chi connectivity index (χ0) is 11.9. The molecule has 0 N–H and O–H groups in total. The largest absolute Gasteiger partial charge is 0.460 e. The second-order valence-electron chi connectivity index (χ2n) is 4.49. The zero-order valence-corrected chi connectivity index (χ0v) is 9.67. The highest BCUT2D eigenvalue weighted by molar-refractivity contribution is 7.84. The Morgan fingerprint density at radius 3 is 2.20 bits per heavy atom. The Hall–Kier alpha value is -0.690. The van der Waals surface area contributed by atoms with E-state index in [1.807, 2.05) is 0 Å². The first-order valence-corrected chi connectivity index (χ1v) is 5.86. The van der Waals surface area contributed by atoms with Crippen LogP contribution in [0.25, 0.3) is 0 Å². The molecule has 88 valence electrons. The summed E-state index contributed by atoms with van der Waals surface area (Å²) in [5.41, 5.74) is -0.605. The molecule has 0 aromatic rings. The molecular formula is C8H14FNO4S. The van der Waals surface area contributed by atoms with Gasteiger partial charge in [-0.15, -0.1) is 0 Å². The number of carbonyl (C=O) groups excluding carboxylic acids is 1. The molecule has 1 heterocycles. The van der Waals surface area contributed by atoms with E-state index in [4.69, 9.17) is 4.74 Å². The van der Waals surface area contributed by atoms with Gasteiger partial charge < -0.3 is 4.74 Å². The number of rotatable bonds is 2. The lowest BCUT2D eigenvalue weighted by atomic mass is 10.0. The van der Waals surface area contributed by atoms with E-state index < -0.39 is 27.9 Å². The van der Waals surface area contributed by atoms with Gasteiger partial charge in [0.15, 0.2) is 0 Å². The van der Waals surface area contributed by atoms with E-state index >= 15 is 0 Å². The summed E-state index contributed by atoms with van der Waals surface area (Å²) in [6.45, 7) is 4.88. The van der Waals surface area contributed by atoms with Crippen molar-refractivity contribution in [3.8, 4) is 0 Å². The summed E-state index contributed by atoms with van der Waals surface area (Å²) < 4.78 is 38.7. The Labute approximate surface area is 88.5 Å². The molecule has 0 radical (unpaired) electrons. The highest BCUT2D eigenvalue weighted by atomic mass is 32.3. The Kier molecular flexibility index (Phi) is 3.06. The summed E-state index contributed by atoms with van der Waals surface area (Å²) in [5.74, 6) is -1.03. The third-order valence-corrected chi connectivity index (χ3v) is 2.81. The number of ether oxygens (including phenoxy) is 1. The molecule has 1 aliphatic heterocycles. The number of hydrogen-bond acceptors (Lipinski definition) is 4. The quantitative estimate of drug-likeness (QED) is 0.519. The summed E-state index contributed by atoms with van der Waals surface area (Å²) >= 11 is 0. The molecule has 0 spiro atoms. The van der Waals surface area contributed by atoms with Crippen LogP contribution in [0, 0.1) is 5.92 Å². The molecule has 0 aliphatic carbocycles. The predicted octanol–water partition coefficient (Wildman–Crippen LogP) is 0.474. The van der Waals surface area contributed by atoms with Gasteiger partial charge in [-0.2, -0.15) is 12.7 Å². The fraction of sp³-hybridized carbons (Fsp3) is 0.875. The van der Waals surface area contributed by atoms with E-state index in [9.17, 15) is 17.1 Å². The topological polar surface area (TPSA) is 63.7 Å². The number of halogens is 1. The van der Waals surface area contributed by atoms with Crippen LogP contribution in [0.15, 0.2) is 0 Å². The van der Waals surface area contributed by atoms with Crippen molar-refractivity contribution in [2.24, 2.45) is 5.92 Å². The minimum absolute atomic E-state index is 0.131. The van der Waals surface area contributed by atoms with Crippen LogP contribution in [0.3, 0.4) is 0 Å². The van der Waals surface area contributed by atoms with E-state index in [0.29, 0.717) is 4.31 Å². The summed E-state index contributed by atoms with van der Waals surface area (Å²) in [6.07, 6.45) is 0. The van der Waals surface area contributed by atoms with Gasteiger partial charge in [0.2, 0.25) is 0 Å². The maximum atomic E-state index is 12.4. The molecule has 0 bridgehead atoms. The van der Waals surface area contributed by atoms with Crippen LogP contribution in [0.4, 0.5) is 3.89 Å². The van der Waals surface area contributed by atoms with Crippen LogP contribution < -0.4 is 0 Å². The Bertz CT molecular complexity index is 353. The Balaban J connectivity index is 2.43. The van der Waals surface area contributed by atoms with E-state index in [2.05, 4.69) is 0 Å². The average Bonchev–Trinajstić information content (AvgIpc) is 1.72. The number of hydrogen-bond donors (Lipinski definition) is 0. The molecular weight excluding hydrogens is 225 g/mol. The van der Waals surface area contributed by atoms with Gasteiger partial charge in [0.25, 0.3) is 0 Å². The van der Waals surface area contributed by atoms with Crippen LogP contribution in [-0.4, -0.2) is 37.4 Å². The normalized spacial score (nSPS) is 19.7. The lowest BCUT2D eigenvalue weighted by molar-refractivity contribution is -0.163. The number of carbonyl (C=O) groups is 1. The lowest BCUT2D eigenvalue weighted by Crippen LogP contribution is -2.53. The molecule has 0 aromatic carbocycles. The van der Waals surface area contributed by atoms with Crippen molar-refractivity contribution in [3.05, 3.63) is 0 Å². The first-order valence-electron chi connectivity index (χ1n) is 4.52. The van der Waals surface area contributed by atoms with Gasteiger partial charge in [0.1, 0.15) is 5.60 Å². The summed E-state index contributed by atoms with van der Waals surface area (Å²) in [6, 6.07) is 0. The second-order valence-corrected chi connectivity index (χ2v) is 5.83. The molecule has 1 fully saturated rings. The molecule has 0 aromatic heterocycles. The van der Waals surface area contributed by atoms with Crippen molar-refractivity contribution < 1.29 is 21.8 Å². The highest BCUT2D eigenvalue weighted by Crippen LogP contribution is 2.23. The van der Waals surface area contributed by atoms with E-state index in [-0.39, 0.29) is 13.1 Å². The standard InChI is InChI=1S/C8H14FNO4S/c1-8(2,3)14-7(11)6-4-10(5-6)15(9,12)13/h6H,4-5H2,1-3H3. The first-order chi connectivity index (χ1) is 6.59. The van der Waals surface area contributed by atoms with Crippen LogP contribution in [0.2, 0.25) is 0 Å². The van der Waals surface area contributed by atoms with Crippen molar-refractivity contribution >= 4 is 16.4 Å². The molecule has 1 aliphatic rings. The third-order valence-electron chi connectivity index (χ3n) is 1.90. The van der Waals surface area contributed by atoms with Crippen molar-refractivity contribution in [2.75, 3.05) is 13.1 Å². The van der Waals surface area contributed by atoms with E-state index in [1.165, 1.54) is 0 Å². The van der Waals surface area contributed by atoms with Gasteiger partial charge in [-0.05, 0) is 20.8 Å². The minimum Gasteiger partial charge on any atom is -0.460 e. The van der Waals surface area contributed by atoms with Crippen LogP contribution >= 0.6 is 0 Å². The van der Waals surface area contributed by atoms with Crippen LogP contribution in [-0.2, 0) is 19.9 Å². The minimum atomic E-state index is -4.65. The SMILES string of the molecule is CC(C)(C)OC(=O)C1CN(S(=O)(=O)F)C1. The highest BCUT2D eigenvalue weighted by Gasteiger charge is 2.41. The Morgan fingerprint density at radius 2 is 1.87 bits per heavy atom. The molecule has 0 atom stereocenters. The van der Waals surface area contributed by atoms with Crippen molar-refractivity contribution in [1.29, 1.82) is 0 Å². The molecule has 5 nitrogen and oxygen atoms in total. The van der Waals surface area contributed by atoms with Crippen LogP contribution in [0.1, 0.15) is 20.8 Å². The van der Waals surface area contributed by atoms with Gasteiger partial charge in [0, 0.05) is 13.1 Å². The summed E-state index contributed by atoms with van der Waals surface area (Å²) in [4.78, 5) is 11.3. The molecule has 0 amide bonds. The zero-order valence-electron chi connectivity index (χ0n) is 8.86. The maximum Gasteiger partial charge on any atom is 0.374 e. The van der Waals surface area contributed by atoms with Gasteiger partial charge in [-0.3, -0.25) is 4.79 Å². The van der Waals surface area contributed by atoms with Crippen molar-refractivity contribution in [2.45, 2.75) is 26.4 Å². The van der Waals surface area contributed by atoms with E-state index in [1.54, 1.807) is 20.8 Å². The van der Waals surface area contributed by atoms with Gasteiger partial charge in [0.05, 0.1) is 5.92 Å². The van der Waals surface area contributed by atoms with Crippen molar-refractivity contribution in [3.63, 3.8) is 0 Å². The fourth-order valence-corrected chi connectivity index (χ4v) is 1.87. The second kappa shape index (κ2) is 3.71.